The summed E-state index contributed by atoms with van der Waals surface area (Å²) in [4.78, 5) is 28.0. The Hall–Kier alpha value is -3.12. The summed E-state index contributed by atoms with van der Waals surface area (Å²) in [6, 6.07) is 19.6. The quantitative estimate of drug-likeness (QED) is 0.624. The van der Waals surface area contributed by atoms with Crippen LogP contribution in [0.15, 0.2) is 66.0 Å². The third-order valence-corrected chi connectivity index (χ3v) is 6.13. The Labute approximate surface area is 186 Å². The Bertz CT molecular complexity index is 1050. The molecule has 0 spiro atoms. The summed E-state index contributed by atoms with van der Waals surface area (Å²) in [7, 11) is 0. The molecule has 1 aromatic heterocycles. The second-order valence-corrected chi connectivity index (χ2v) is 8.86. The number of amides is 2. The van der Waals surface area contributed by atoms with Gasteiger partial charge in [-0.15, -0.1) is 11.3 Å². The standard InChI is InChI=1S/C25H26N2O3S/c1-17(2)26-23(28)16-30-20-11-10-18-12-13-27(25(29)22-9-6-14-31-22)24(21(18)15-20)19-7-4-3-5-8-19/h3-11,14-15,17,24H,12-13,16H2,1-2H3,(H,26,28). The molecule has 4 rings (SSSR count). The minimum atomic E-state index is -0.201. The van der Waals surface area contributed by atoms with Crippen molar-refractivity contribution in [3.63, 3.8) is 0 Å². The summed E-state index contributed by atoms with van der Waals surface area (Å²) in [5.74, 6) is 0.517. The molecule has 0 aliphatic carbocycles. The molecular formula is C25H26N2O3S. The summed E-state index contributed by atoms with van der Waals surface area (Å²) < 4.78 is 5.77. The average Bonchev–Trinajstić information content (AvgIpc) is 3.31. The van der Waals surface area contributed by atoms with Gasteiger partial charge in [-0.2, -0.15) is 0 Å². The minimum absolute atomic E-state index is 0.0369. The number of fused-ring (bicyclic) bond motifs is 1. The molecule has 31 heavy (non-hydrogen) atoms. The van der Waals surface area contributed by atoms with Crippen molar-refractivity contribution < 1.29 is 14.3 Å². The molecule has 5 nitrogen and oxygen atoms in total. The van der Waals surface area contributed by atoms with Crippen LogP contribution in [0.4, 0.5) is 0 Å². The Morgan fingerprint density at radius 2 is 1.94 bits per heavy atom. The van der Waals surface area contributed by atoms with E-state index < -0.39 is 0 Å². The third-order valence-electron chi connectivity index (χ3n) is 5.27. The van der Waals surface area contributed by atoms with E-state index in [-0.39, 0.29) is 30.5 Å². The van der Waals surface area contributed by atoms with Gasteiger partial charge in [-0.3, -0.25) is 9.59 Å². The highest BCUT2D eigenvalue weighted by Crippen LogP contribution is 2.38. The highest BCUT2D eigenvalue weighted by molar-refractivity contribution is 7.12. The van der Waals surface area contributed by atoms with Crippen LogP contribution < -0.4 is 10.1 Å². The van der Waals surface area contributed by atoms with Gasteiger partial charge in [0.2, 0.25) is 0 Å². The van der Waals surface area contributed by atoms with Crippen molar-refractivity contribution in [1.82, 2.24) is 10.2 Å². The van der Waals surface area contributed by atoms with Crippen LogP contribution >= 0.6 is 11.3 Å². The van der Waals surface area contributed by atoms with Gasteiger partial charge in [-0.05, 0) is 60.5 Å². The number of ether oxygens (including phenoxy) is 1. The van der Waals surface area contributed by atoms with Gasteiger partial charge in [0.25, 0.3) is 11.8 Å². The van der Waals surface area contributed by atoms with Crippen molar-refractivity contribution in [2.24, 2.45) is 0 Å². The molecule has 160 valence electrons. The molecule has 2 aromatic carbocycles. The molecule has 0 bridgehead atoms. The first kappa shape index (κ1) is 21.1. The van der Waals surface area contributed by atoms with Gasteiger partial charge >= 0.3 is 0 Å². The SMILES string of the molecule is CC(C)NC(=O)COc1ccc2c(c1)C(c1ccccc1)N(C(=O)c1cccs1)CC2. The molecule has 1 N–H and O–H groups in total. The first-order valence-corrected chi connectivity index (χ1v) is 11.4. The first-order chi connectivity index (χ1) is 15.0. The second kappa shape index (κ2) is 9.35. The molecule has 3 aromatic rings. The molecule has 0 fully saturated rings. The molecule has 0 radical (unpaired) electrons. The Balaban J connectivity index is 1.66. The summed E-state index contributed by atoms with van der Waals surface area (Å²) in [5.41, 5.74) is 3.30. The summed E-state index contributed by atoms with van der Waals surface area (Å²) >= 11 is 1.46. The number of benzene rings is 2. The Morgan fingerprint density at radius 1 is 1.13 bits per heavy atom. The predicted octanol–water partition coefficient (Wildman–Crippen LogP) is 4.44. The van der Waals surface area contributed by atoms with Crippen molar-refractivity contribution >= 4 is 23.2 Å². The van der Waals surface area contributed by atoms with Crippen LogP contribution in [0, 0.1) is 0 Å². The van der Waals surface area contributed by atoms with Crippen LogP contribution in [0.25, 0.3) is 0 Å². The van der Waals surface area contributed by atoms with Gasteiger partial charge in [-0.25, -0.2) is 0 Å². The number of thiophene rings is 1. The van der Waals surface area contributed by atoms with E-state index in [2.05, 4.69) is 17.4 Å². The lowest BCUT2D eigenvalue weighted by Gasteiger charge is -2.37. The predicted molar refractivity (Wildman–Crippen MR) is 123 cm³/mol. The third kappa shape index (κ3) is 4.80. The summed E-state index contributed by atoms with van der Waals surface area (Å²) in [6.45, 7) is 4.45. The van der Waals surface area contributed by atoms with Crippen molar-refractivity contribution in [2.75, 3.05) is 13.2 Å². The molecule has 1 unspecified atom stereocenters. The van der Waals surface area contributed by atoms with E-state index >= 15 is 0 Å². The van der Waals surface area contributed by atoms with E-state index in [1.165, 1.54) is 16.9 Å². The van der Waals surface area contributed by atoms with Gasteiger partial charge in [0, 0.05) is 12.6 Å². The molecule has 0 saturated carbocycles. The fourth-order valence-corrected chi connectivity index (χ4v) is 4.63. The van der Waals surface area contributed by atoms with Crippen molar-refractivity contribution in [3.8, 4) is 5.75 Å². The molecule has 0 saturated heterocycles. The lowest BCUT2D eigenvalue weighted by Crippen LogP contribution is -2.40. The fraction of sp³-hybridized carbons (Fsp3) is 0.280. The van der Waals surface area contributed by atoms with Gasteiger partial charge in [0.05, 0.1) is 10.9 Å². The summed E-state index contributed by atoms with van der Waals surface area (Å²) in [6.07, 6.45) is 0.782. The lowest BCUT2D eigenvalue weighted by molar-refractivity contribution is -0.123. The van der Waals surface area contributed by atoms with Crippen molar-refractivity contribution in [2.45, 2.75) is 32.4 Å². The second-order valence-electron chi connectivity index (χ2n) is 7.91. The highest BCUT2D eigenvalue weighted by Gasteiger charge is 2.33. The van der Waals surface area contributed by atoms with Crippen LogP contribution in [-0.2, 0) is 11.2 Å². The van der Waals surface area contributed by atoms with Crippen LogP contribution in [0.2, 0.25) is 0 Å². The molecule has 1 aliphatic rings. The topological polar surface area (TPSA) is 58.6 Å². The largest absolute Gasteiger partial charge is 0.484 e. The zero-order valence-electron chi connectivity index (χ0n) is 17.7. The minimum Gasteiger partial charge on any atom is -0.484 e. The van der Waals surface area contributed by atoms with Gasteiger partial charge < -0.3 is 15.0 Å². The normalized spacial score (nSPS) is 15.5. The van der Waals surface area contributed by atoms with Crippen molar-refractivity contribution in [1.29, 1.82) is 0 Å². The molecule has 1 aliphatic heterocycles. The van der Waals surface area contributed by atoms with Gasteiger partial charge in [0.1, 0.15) is 5.75 Å². The van der Waals surface area contributed by atoms with Crippen molar-refractivity contribution in [3.05, 3.63) is 87.6 Å². The number of carbonyl (C=O) groups is 2. The average molecular weight is 435 g/mol. The smallest absolute Gasteiger partial charge is 0.264 e. The zero-order valence-corrected chi connectivity index (χ0v) is 18.5. The zero-order chi connectivity index (χ0) is 21.8. The van der Waals surface area contributed by atoms with E-state index in [9.17, 15) is 9.59 Å². The molecule has 2 amide bonds. The Morgan fingerprint density at radius 3 is 2.65 bits per heavy atom. The van der Waals surface area contributed by atoms with E-state index in [0.717, 1.165) is 22.4 Å². The highest BCUT2D eigenvalue weighted by atomic mass is 32.1. The number of rotatable bonds is 6. The first-order valence-electron chi connectivity index (χ1n) is 10.5. The molecular weight excluding hydrogens is 408 g/mol. The molecule has 2 heterocycles. The van der Waals surface area contributed by atoms with Crippen LogP contribution in [0.3, 0.4) is 0 Å². The van der Waals surface area contributed by atoms with E-state index in [4.69, 9.17) is 4.74 Å². The lowest BCUT2D eigenvalue weighted by atomic mass is 9.88. The maximum absolute atomic E-state index is 13.3. The number of nitrogens with zero attached hydrogens (tertiary/aromatic N) is 1. The molecule has 1 atom stereocenters. The maximum atomic E-state index is 13.3. The van der Waals surface area contributed by atoms with Gasteiger partial charge in [-0.1, -0.05) is 42.5 Å². The molecule has 6 heteroatoms. The van der Waals surface area contributed by atoms with E-state index in [1.807, 2.05) is 72.7 Å². The van der Waals surface area contributed by atoms with Crippen LogP contribution in [0.1, 0.15) is 46.3 Å². The number of hydrogen-bond acceptors (Lipinski definition) is 4. The summed E-state index contributed by atoms with van der Waals surface area (Å²) in [5, 5.41) is 4.76. The number of hydrogen-bond donors (Lipinski definition) is 1. The van der Waals surface area contributed by atoms with Gasteiger partial charge in [0.15, 0.2) is 6.61 Å². The Kier molecular flexibility index (Phi) is 6.37. The number of carbonyl (C=O) groups excluding carboxylic acids is 2. The van der Waals surface area contributed by atoms with Crippen LogP contribution in [0.5, 0.6) is 5.75 Å². The monoisotopic (exact) mass is 434 g/mol. The fourth-order valence-electron chi connectivity index (χ4n) is 3.95. The maximum Gasteiger partial charge on any atom is 0.264 e. The van der Waals surface area contributed by atoms with Crippen LogP contribution in [-0.4, -0.2) is 35.9 Å². The van der Waals surface area contributed by atoms with E-state index in [1.54, 1.807) is 0 Å². The van der Waals surface area contributed by atoms with E-state index in [0.29, 0.717) is 12.3 Å². The number of nitrogens with one attached hydrogen (secondary N) is 1.